The summed E-state index contributed by atoms with van der Waals surface area (Å²) in [7, 11) is 5.23. The zero-order valence-electron chi connectivity index (χ0n) is 17.1. The van der Waals surface area contributed by atoms with Crippen molar-refractivity contribution in [1.29, 1.82) is 0 Å². The Kier molecular flexibility index (Phi) is 14.4. The van der Waals surface area contributed by atoms with E-state index in [4.69, 9.17) is 9.47 Å². The highest BCUT2D eigenvalue weighted by Crippen LogP contribution is 2.14. The van der Waals surface area contributed by atoms with Crippen LogP contribution in [0.25, 0.3) is 0 Å². The van der Waals surface area contributed by atoms with E-state index in [2.05, 4.69) is 10.3 Å². The molecular weight excluding hydrogens is 478 g/mol. The molecule has 0 heterocycles. The molecule has 1 rings (SSSR count). The zero-order chi connectivity index (χ0) is 20.1. The summed E-state index contributed by atoms with van der Waals surface area (Å²) >= 11 is 0. The van der Waals surface area contributed by atoms with Gasteiger partial charge in [0.1, 0.15) is 13.2 Å². The minimum Gasteiger partial charge on any atom is -0.489 e. The maximum absolute atomic E-state index is 13.6. The average molecular weight is 510 g/mol. The summed E-state index contributed by atoms with van der Waals surface area (Å²) in [6.07, 6.45) is 0.827. The number of ether oxygens (including phenoxy) is 2. The quantitative estimate of drug-likeness (QED) is 0.214. The van der Waals surface area contributed by atoms with Crippen molar-refractivity contribution < 1.29 is 18.7 Å². The van der Waals surface area contributed by atoms with Crippen LogP contribution in [-0.2, 0) is 9.53 Å². The molecule has 160 valence electrons. The van der Waals surface area contributed by atoms with Gasteiger partial charge in [0.25, 0.3) is 0 Å². The highest BCUT2D eigenvalue weighted by Gasteiger charge is 2.10. The highest BCUT2D eigenvalue weighted by molar-refractivity contribution is 14.0. The number of halogens is 2. The van der Waals surface area contributed by atoms with Crippen LogP contribution in [0.2, 0.25) is 0 Å². The van der Waals surface area contributed by atoms with Crippen LogP contribution in [-0.4, -0.2) is 82.3 Å². The van der Waals surface area contributed by atoms with E-state index >= 15 is 0 Å². The van der Waals surface area contributed by atoms with Crippen molar-refractivity contribution in [2.45, 2.75) is 13.3 Å². The molecule has 0 spiro atoms. The summed E-state index contributed by atoms with van der Waals surface area (Å²) in [4.78, 5) is 19.5. The molecular formula is C19H32FIN4O3. The van der Waals surface area contributed by atoms with Gasteiger partial charge in [0.05, 0.1) is 6.54 Å². The Hall–Kier alpha value is -1.62. The molecule has 1 amide bonds. The monoisotopic (exact) mass is 510 g/mol. The number of carbonyl (C=O) groups excluding carboxylic acids is 1. The first-order valence-electron chi connectivity index (χ1n) is 9.10. The lowest BCUT2D eigenvalue weighted by atomic mass is 10.3. The lowest BCUT2D eigenvalue weighted by Crippen LogP contribution is -2.42. The number of nitrogens with one attached hydrogen (secondary N) is 1. The first-order valence-corrected chi connectivity index (χ1v) is 9.10. The number of likely N-dealkylation sites (N-methyl/N-ethyl adjacent to an activating group) is 2. The Morgan fingerprint density at radius 3 is 2.57 bits per heavy atom. The van der Waals surface area contributed by atoms with E-state index in [9.17, 15) is 9.18 Å². The van der Waals surface area contributed by atoms with Gasteiger partial charge in [-0.25, -0.2) is 9.38 Å². The maximum atomic E-state index is 13.6. The minimum atomic E-state index is -0.389. The Bertz CT molecular complexity index is 602. The van der Waals surface area contributed by atoms with Crippen LogP contribution in [0.3, 0.4) is 0 Å². The first-order chi connectivity index (χ1) is 13.0. The number of nitrogens with zero attached hydrogens (tertiary/aromatic N) is 3. The molecule has 0 saturated heterocycles. The van der Waals surface area contributed by atoms with Gasteiger partial charge in [-0.1, -0.05) is 12.1 Å². The number of benzene rings is 1. The van der Waals surface area contributed by atoms with Crippen LogP contribution < -0.4 is 10.1 Å². The average Bonchev–Trinajstić information content (AvgIpc) is 2.65. The molecule has 28 heavy (non-hydrogen) atoms. The van der Waals surface area contributed by atoms with E-state index in [-0.39, 0.29) is 48.0 Å². The number of carbonyl (C=O) groups is 1. The lowest BCUT2D eigenvalue weighted by Gasteiger charge is -2.23. The second-order valence-electron chi connectivity index (χ2n) is 6.11. The van der Waals surface area contributed by atoms with Crippen molar-refractivity contribution >= 4 is 35.8 Å². The predicted molar refractivity (Wildman–Crippen MR) is 120 cm³/mol. The molecule has 9 heteroatoms. The molecule has 0 aliphatic heterocycles. The molecule has 7 nitrogen and oxygen atoms in total. The van der Waals surface area contributed by atoms with Crippen LogP contribution in [0.1, 0.15) is 13.3 Å². The third kappa shape index (κ3) is 10.6. The third-order valence-electron chi connectivity index (χ3n) is 3.70. The molecule has 1 aromatic rings. The molecule has 0 radical (unpaired) electrons. The normalized spacial score (nSPS) is 10.8. The smallest absolute Gasteiger partial charge is 0.243 e. The SMILES string of the molecule is CCOCCCNC(=NCC(=O)N(C)C)N(C)CCOc1ccccc1F.I. The van der Waals surface area contributed by atoms with Crippen molar-refractivity contribution in [2.75, 3.05) is 60.6 Å². The van der Waals surface area contributed by atoms with Gasteiger partial charge >= 0.3 is 0 Å². The molecule has 0 atom stereocenters. The Morgan fingerprint density at radius 1 is 1.21 bits per heavy atom. The number of para-hydroxylation sites is 1. The van der Waals surface area contributed by atoms with Gasteiger partial charge in [-0.15, -0.1) is 24.0 Å². The van der Waals surface area contributed by atoms with E-state index in [1.807, 2.05) is 18.9 Å². The zero-order valence-corrected chi connectivity index (χ0v) is 19.4. The van der Waals surface area contributed by atoms with Crippen LogP contribution in [0.15, 0.2) is 29.3 Å². The molecule has 1 aromatic carbocycles. The Morgan fingerprint density at radius 2 is 1.93 bits per heavy atom. The van der Waals surface area contributed by atoms with Gasteiger partial charge in [-0.05, 0) is 25.5 Å². The molecule has 0 fully saturated rings. The second kappa shape index (κ2) is 15.3. The summed E-state index contributed by atoms with van der Waals surface area (Å²) in [5.74, 6) is 0.343. The van der Waals surface area contributed by atoms with Crippen LogP contribution in [0.5, 0.6) is 5.75 Å². The number of hydrogen-bond acceptors (Lipinski definition) is 4. The number of aliphatic imine (C=N–C) groups is 1. The number of hydrogen-bond donors (Lipinski definition) is 1. The fraction of sp³-hybridized carbons (Fsp3) is 0.579. The van der Waals surface area contributed by atoms with E-state index < -0.39 is 0 Å². The summed E-state index contributed by atoms with van der Waals surface area (Å²) in [5, 5.41) is 3.23. The van der Waals surface area contributed by atoms with Gasteiger partial charge in [-0.2, -0.15) is 0 Å². The molecule has 0 aliphatic rings. The predicted octanol–water partition coefficient (Wildman–Crippen LogP) is 2.21. The summed E-state index contributed by atoms with van der Waals surface area (Å²) in [6.45, 7) is 4.81. The standard InChI is InChI=1S/C19H31FN4O3.HI/c1-5-26-13-8-11-21-19(22-15-18(25)23(2)3)24(4)12-14-27-17-10-7-6-9-16(17)20;/h6-7,9-10H,5,8,11-15H2,1-4H3,(H,21,22);1H. The molecule has 0 aliphatic carbocycles. The van der Waals surface area contributed by atoms with Gasteiger partial charge < -0.3 is 24.6 Å². The van der Waals surface area contributed by atoms with Crippen molar-refractivity contribution in [3.05, 3.63) is 30.1 Å². The van der Waals surface area contributed by atoms with E-state index in [1.165, 1.54) is 11.0 Å². The molecule has 0 saturated carbocycles. The lowest BCUT2D eigenvalue weighted by molar-refractivity contribution is -0.127. The van der Waals surface area contributed by atoms with Crippen LogP contribution in [0.4, 0.5) is 4.39 Å². The minimum absolute atomic E-state index is 0. The van der Waals surface area contributed by atoms with E-state index in [1.54, 1.807) is 32.3 Å². The number of amides is 1. The van der Waals surface area contributed by atoms with Gasteiger partial charge in [0.15, 0.2) is 17.5 Å². The van der Waals surface area contributed by atoms with Gasteiger partial charge in [-0.3, -0.25) is 4.79 Å². The van der Waals surface area contributed by atoms with Crippen molar-refractivity contribution in [1.82, 2.24) is 15.1 Å². The van der Waals surface area contributed by atoms with Gasteiger partial charge in [0, 0.05) is 40.9 Å². The van der Waals surface area contributed by atoms with E-state index in [0.717, 1.165) is 6.42 Å². The highest BCUT2D eigenvalue weighted by atomic mass is 127. The van der Waals surface area contributed by atoms with Crippen LogP contribution >= 0.6 is 24.0 Å². The second-order valence-corrected chi connectivity index (χ2v) is 6.11. The molecule has 0 unspecified atom stereocenters. The topological polar surface area (TPSA) is 66.4 Å². The van der Waals surface area contributed by atoms with E-state index in [0.29, 0.717) is 38.9 Å². The molecule has 0 bridgehead atoms. The maximum Gasteiger partial charge on any atom is 0.243 e. The fourth-order valence-electron chi connectivity index (χ4n) is 2.07. The van der Waals surface area contributed by atoms with Gasteiger partial charge in [0.2, 0.25) is 5.91 Å². The number of rotatable bonds is 11. The first kappa shape index (κ1) is 26.4. The Balaban J connectivity index is 0.00000729. The van der Waals surface area contributed by atoms with Crippen molar-refractivity contribution in [3.63, 3.8) is 0 Å². The summed E-state index contributed by atoms with van der Waals surface area (Å²) < 4.78 is 24.4. The summed E-state index contributed by atoms with van der Waals surface area (Å²) in [5.41, 5.74) is 0. The van der Waals surface area contributed by atoms with Crippen molar-refractivity contribution in [3.8, 4) is 5.75 Å². The molecule has 0 aromatic heterocycles. The fourth-order valence-corrected chi connectivity index (χ4v) is 2.07. The van der Waals surface area contributed by atoms with Crippen LogP contribution in [0, 0.1) is 5.82 Å². The van der Waals surface area contributed by atoms with Crippen molar-refractivity contribution in [2.24, 2.45) is 4.99 Å². The molecule has 1 N–H and O–H groups in total. The number of guanidine groups is 1. The Labute approximate surface area is 184 Å². The third-order valence-corrected chi connectivity index (χ3v) is 3.70. The summed E-state index contributed by atoms with van der Waals surface area (Å²) in [6, 6.07) is 6.29. The largest absolute Gasteiger partial charge is 0.489 e.